The van der Waals surface area contributed by atoms with Gasteiger partial charge in [0.1, 0.15) is 5.60 Å². The van der Waals surface area contributed by atoms with Crippen molar-refractivity contribution >= 4 is 6.09 Å². The maximum absolute atomic E-state index is 11.8. The van der Waals surface area contributed by atoms with E-state index in [1.807, 2.05) is 32.7 Å². The van der Waals surface area contributed by atoms with Crippen LogP contribution in [0.5, 0.6) is 0 Å². The molecule has 0 aromatic rings. The first kappa shape index (κ1) is 10.8. The van der Waals surface area contributed by atoms with Crippen molar-refractivity contribution in [1.29, 1.82) is 0 Å². The van der Waals surface area contributed by atoms with Gasteiger partial charge in [-0.25, -0.2) is 4.79 Å². The predicted octanol–water partition coefficient (Wildman–Crippen LogP) is 2.80. The molecule has 0 unspecified atom stereocenters. The van der Waals surface area contributed by atoms with E-state index in [2.05, 4.69) is 6.92 Å². The zero-order chi connectivity index (χ0) is 11.5. The monoisotopic (exact) mass is 211 g/mol. The Morgan fingerprint density at radius 3 is 2.07 bits per heavy atom. The molecule has 2 bridgehead atoms. The van der Waals surface area contributed by atoms with Crippen molar-refractivity contribution in [2.75, 3.05) is 7.05 Å². The molecule has 0 radical (unpaired) electrons. The average molecular weight is 211 g/mol. The highest BCUT2D eigenvalue weighted by atomic mass is 16.6. The summed E-state index contributed by atoms with van der Waals surface area (Å²) in [6, 6.07) is 0. The van der Waals surface area contributed by atoms with E-state index >= 15 is 0 Å². The summed E-state index contributed by atoms with van der Waals surface area (Å²) < 4.78 is 5.37. The highest BCUT2D eigenvalue weighted by Gasteiger charge is 2.68. The van der Waals surface area contributed by atoms with Gasteiger partial charge in [0.15, 0.2) is 0 Å². The smallest absolute Gasteiger partial charge is 0.410 e. The lowest BCUT2D eigenvalue weighted by Gasteiger charge is -2.72. The summed E-state index contributed by atoms with van der Waals surface area (Å²) in [5.41, 5.74) is 0.270. The third kappa shape index (κ3) is 1.62. The van der Waals surface area contributed by atoms with E-state index in [1.165, 1.54) is 0 Å². The Labute approximate surface area is 91.8 Å². The first-order valence-corrected chi connectivity index (χ1v) is 5.63. The van der Waals surface area contributed by atoms with Crippen molar-refractivity contribution < 1.29 is 9.53 Å². The summed E-state index contributed by atoms with van der Waals surface area (Å²) >= 11 is 0. The molecule has 86 valence electrons. The first-order chi connectivity index (χ1) is 6.66. The van der Waals surface area contributed by atoms with Gasteiger partial charge in [-0.2, -0.15) is 0 Å². The van der Waals surface area contributed by atoms with Crippen LogP contribution in [0.3, 0.4) is 0 Å². The number of hydrogen-bond acceptors (Lipinski definition) is 2. The number of hydrogen-bond donors (Lipinski definition) is 0. The van der Waals surface area contributed by atoms with Gasteiger partial charge >= 0.3 is 6.09 Å². The van der Waals surface area contributed by atoms with Crippen LogP contribution in [0.15, 0.2) is 0 Å². The number of amides is 1. The third-order valence-corrected chi connectivity index (χ3v) is 3.65. The fourth-order valence-corrected chi connectivity index (χ4v) is 3.11. The molecular formula is C12H21NO2. The van der Waals surface area contributed by atoms with Crippen molar-refractivity contribution in [3.05, 3.63) is 0 Å². The van der Waals surface area contributed by atoms with Crippen molar-refractivity contribution in [1.82, 2.24) is 4.90 Å². The average Bonchev–Trinajstić information content (AvgIpc) is 1.92. The summed E-state index contributed by atoms with van der Waals surface area (Å²) in [4.78, 5) is 13.6. The lowest BCUT2D eigenvalue weighted by atomic mass is 9.40. The van der Waals surface area contributed by atoms with Gasteiger partial charge in [0.2, 0.25) is 0 Å². The molecule has 3 rings (SSSR count). The van der Waals surface area contributed by atoms with Crippen LogP contribution in [0, 0.1) is 5.41 Å². The molecule has 0 aliphatic heterocycles. The lowest BCUT2D eigenvalue weighted by molar-refractivity contribution is -0.193. The maximum atomic E-state index is 11.8. The fraction of sp³-hybridized carbons (Fsp3) is 0.917. The standard InChI is InChI=1S/C12H21NO2/c1-10(2,3)15-9(14)13(5)12-6-11(4,7-12)8-12/h6-8H2,1-5H3. The van der Waals surface area contributed by atoms with Gasteiger partial charge in [0.25, 0.3) is 0 Å². The number of rotatable bonds is 1. The second-order valence-corrected chi connectivity index (χ2v) is 6.60. The van der Waals surface area contributed by atoms with E-state index < -0.39 is 5.60 Å². The Morgan fingerprint density at radius 2 is 1.73 bits per heavy atom. The molecule has 3 aliphatic rings. The summed E-state index contributed by atoms with van der Waals surface area (Å²) in [6.07, 6.45) is 3.27. The van der Waals surface area contributed by atoms with Crippen LogP contribution in [0.1, 0.15) is 47.0 Å². The molecular weight excluding hydrogens is 190 g/mol. The molecule has 3 fully saturated rings. The van der Waals surface area contributed by atoms with Gasteiger partial charge in [-0.05, 0) is 45.4 Å². The fourth-order valence-electron chi connectivity index (χ4n) is 3.11. The number of ether oxygens (including phenoxy) is 1. The van der Waals surface area contributed by atoms with Gasteiger partial charge < -0.3 is 9.64 Å². The Bertz CT molecular complexity index is 283. The zero-order valence-electron chi connectivity index (χ0n) is 10.4. The predicted molar refractivity (Wildman–Crippen MR) is 58.7 cm³/mol. The van der Waals surface area contributed by atoms with Crippen LogP contribution in [0.25, 0.3) is 0 Å². The second kappa shape index (κ2) is 2.69. The minimum atomic E-state index is -0.390. The molecule has 0 spiro atoms. The van der Waals surface area contributed by atoms with Crippen molar-refractivity contribution in [2.24, 2.45) is 5.41 Å². The number of carbonyl (C=O) groups is 1. The molecule has 3 heteroatoms. The second-order valence-electron chi connectivity index (χ2n) is 6.60. The van der Waals surface area contributed by atoms with Crippen LogP contribution in [-0.2, 0) is 4.74 Å². The highest BCUT2D eigenvalue weighted by molar-refractivity contribution is 5.70. The topological polar surface area (TPSA) is 29.5 Å². The third-order valence-electron chi connectivity index (χ3n) is 3.65. The molecule has 0 atom stereocenters. The van der Waals surface area contributed by atoms with E-state index in [9.17, 15) is 4.79 Å². The van der Waals surface area contributed by atoms with E-state index in [0.29, 0.717) is 5.41 Å². The molecule has 0 heterocycles. The van der Waals surface area contributed by atoms with Gasteiger partial charge in [0.05, 0.1) is 0 Å². The molecule has 0 saturated heterocycles. The van der Waals surface area contributed by atoms with E-state index in [-0.39, 0.29) is 11.6 Å². The van der Waals surface area contributed by atoms with Crippen molar-refractivity contribution in [3.63, 3.8) is 0 Å². The molecule has 0 N–H and O–H groups in total. The van der Waals surface area contributed by atoms with Gasteiger partial charge in [-0.15, -0.1) is 0 Å². The maximum Gasteiger partial charge on any atom is 0.410 e. The zero-order valence-corrected chi connectivity index (χ0v) is 10.4. The van der Waals surface area contributed by atoms with Gasteiger partial charge in [0, 0.05) is 12.6 Å². The first-order valence-electron chi connectivity index (χ1n) is 5.63. The molecule has 0 aromatic heterocycles. The normalized spacial score (nSPS) is 37.7. The lowest BCUT2D eigenvalue weighted by Crippen LogP contribution is -2.73. The minimum Gasteiger partial charge on any atom is -0.444 e. The Hall–Kier alpha value is -0.730. The Balaban J connectivity index is 1.92. The van der Waals surface area contributed by atoms with E-state index in [4.69, 9.17) is 4.74 Å². The minimum absolute atomic E-state index is 0.136. The van der Waals surface area contributed by atoms with Crippen LogP contribution in [0.2, 0.25) is 0 Å². The quantitative estimate of drug-likeness (QED) is 0.667. The van der Waals surface area contributed by atoms with Crippen LogP contribution in [-0.4, -0.2) is 29.2 Å². The molecule has 3 saturated carbocycles. The van der Waals surface area contributed by atoms with Crippen molar-refractivity contribution in [2.45, 2.75) is 58.1 Å². The van der Waals surface area contributed by atoms with Crippen molar-refractivity contribution in [3.8, 4) is 0 Å². The van der Waals surface area contributed by atoms with Crippen LogP contribution < -0.4 is 0 Å². The SMILES string of the molecule is CN(C(=O)OC(C)(C)C)C12CC(C)(C1)C2. The van der Waals surface area contributed by atoms with Gasteiger partial charge in [-0.1, -0.05) is 6.92 Å². The van der Waals surface area contributed by atoms with E-state index in [0.717, 1.165) is 19.3 Å². The summed E-state index contributed by atoms with van der Waals surface area (Å²) in [6.45, 7) is 8.00. The molecule has 0 aromatic carbocycles. The van der Waals surface area contributed by atoms with E-state index in [1.54, 1.807) is 0 Å². The summed E-state index contributed by atoms with van der Waals surface area (Å²) in [7, 11) is 1.87. The molecule has 1 amide bonds. The Morgan fingerprint density at radius 1 is 1.27 bits per heavy atom. The van der Waals surface area contributed by atoms with Crippen LogP contribution >= 0.6 is 0 Å². The summed E-state index contributed by atoms with van der Waals surface area (Å²) in [5.74, 6) is 0. The Kier molecular flexibility index (Phi) is 1.93. The molecule has 3 aliphatic carbocycles. The number of nitrogens with zero attached hydrogens (tertiary/aromatic N) is 1. The summed E-state index contributed by atoms with van der Waals surface area (Å²) in [5, 5.41) is 0. The van der Waals surface area contributed by atoms with Gasteiger partial charge in [-0.3, -0.25) is 0 Å². The van der Waals surface area contributed by atoms with Crippen LogP contribution in [0.4, 0.5) is 4.79 Å². The molecule has 3 nitrogen and oxygen atoms in total. The highest BCUT2D eigenvalue weighted by Crippen LogP contribution is 2.69. The molecule has 15 heavy (non-hydrogen) atoms. The number of carbonyl (C=O) groups excluding carboxylic acids is 1. The largest absolute Gasteiger partial charge is 0.444 e.